The first-order valence-corrected chi connectivity index (χ1v) is 6.97. The molecule has 0 unspecified atom stereocenters. The van der Waals surface area contributed by atoms with Gasteiger partial charge in [0, 0.05) is 24.8 Å². The van der Waals surface area contributed by atoms with Crippen molar-refractivity contribution in [2.24, 2.45) is 0 Å². The minimum atomic E-state index is 0.674. The molecule has 2 N–H and O–H groups in total. The predicted octanol–water partition coefficient (Wildman–Crippen LogP) is 3.69. The first-order chi connectivity index (χ1) is 9.74. The van der Waals surface area contributed by atoms with Gasteiger partial charge in [0.2, 0.25) is 0 Å². The fourth-order valence-corrected chi connectivity index (χ4v) is 2.27. The van der Waals surface area contributed by atoms with Crippen molar-refractivity contribution in [2.75, 3.05) is 24.3 Å². The van der Waals surface area contributed by atoms with Gasteiger partial charge in [-0.15, -0.1) is 0 Å². The molecule has 0 saturated carbocycles. The van der Waals surface area contributed by atoms with Crippen LogP contribution >= 0.6 is 0 Å². The summed E-state index contributed by atoms with van der Waals surface area (Å²) in [6.45, 7) is 4.08. The second kappa shape index (κ2) is 6.85. The van der Waals surface area contributed by atoms with Crippen molar-refractivity contribution in [1.82, 2.24) is 0 Å². The molecular formula is C17H22N2O. The first kappa shape index (κ1) is 14.3. The number of nitrogen functional groups attached to an aromatic ring is 1. The highest BCUT2D eigenvalue weighted by Gasteiger charge is 2.09. The standard InChI is InChI=1S/C17H22N2O/c1-3-11-19(13-14-7-5-4-6-8-14)15-9-10-16(18)17(12-15)20-2/h4-10,12H,3,11,13,18H2,1-2H3. The van der Waals surface area contributed by atoms with Gasteiger partial charge in [-0.1, -0.05) is 37.3 Å². The molecule has 3 nitrogen and oxygen atoms in total. The minimum Gasteiger partial charge on any atom is -0.495 e. The van der Waals surface area contributed by atoms with Crippen LogP contribution in [0.5, 0.6) is 5.75 Å². The molecule has 0 aliphatic carbocycles. The molecule has 2 aromatic rings. The molecule has 0 bridgehead atoms. The van der Waals surface area contributed by atoms with Crippen LogP contribution in [0.3, 0.4) is 0 Å². The Bertz CT molecular complexity index is 540. The van der Waals surface area contributed by atoms with Crippen molar-refractivity contribution in [2.45, 2.75) is 19.9 Å². The Kier molecular flexibility index (Phi) is 4.88. The van der Waals surface area contributed by atoms with E-state index in [1.54, 1.807) is 7.11 Å². The maximum absolute atomic E-state index is 5.88. The summed E-state index contributed by atoms with van der Waals surface area (Å²) in [7, 11) is 1.65. The second-order valence-corrected chi connectivity index (χ2v) is 4.83. The molecule has 2 rings (SSSR count). The van der Waals surface area contributed by atoms with E-state index < -0.39 is 0 Å². The van der Waals surface area contributed by atoms with E-state index in [2.05, 4.69) is 42.2 Å². The monoisotopic (exact) mass is 270 g/mol. The van der Waals surface area contributed by atoms with Crippen LogP contribution in [0.4, 0.5) is 11.4 Å². The highest BCUT2D eigenvalue weighted by atomic mass is 16.5. The first-order valence-electron chi connectivity index (χ1n) is 6.97. The van der Waals surface area contributed by atoms with E-state index >= 15 is 0 Å². The molecule has 2 aromatic carbocycles. The number of hydrogen-bond acceptors (Lipinski definition) is 3. The van der Waals surface area contributed by atoms with E-state index in [1.165, 1.54) is 5.56 Å². The molecule has 0 fully saturated rings. The van der Waals surface area contributed by atoms with Crippen molar-refractivity contribution in [3.05, 3.63) is 54.1 Å². The second-order valence-electron chi connectivity index (χ2n) is 4.83. The Labute approximate surface area is 121 Å². The number of ether oxygens (including phenoxy) is 1. The van der Waals surface area contributed by atoms with Crippen molar-refractivity contribution >= 4 is 11.4 Å². The van der Waals surface area contributed by atoms with Crippen LogP contribution in [-0.4, -0.2) is 13.7 Å². The van der Waals surface area contributed by atoms with Gasteiger partial charge in [-0.25, -0.2) is 0 Å². The summed E-state index contributed by atoms with van der Waals surface area (Å²) < 4.78 is 5.31. The van der Waals surface area contributed by atoms with Crippen molar-refractivity contribution in [3.63, 3.8) is 0 Å². The molecule has 0 saturated heterocycles. The summed E-state index contributed by atoms with van der Waals surface area (Å²) in [6, 6.07) is 16.5. The molecule has 0 heterocycles. The molecule has 0 radical (unpaired) electrons. The van der Waals surface area contributed by atoms with Gasteiger partial charge < -0.3 is 15.4 Å². The predicted molar refractivity (Wildman–Crippen MR) is 85.2 cm³/mol. The van der Waals surface area contributed by atoms with Crippen molar-refractivity contribution in [1.29, 1.82) is 0 Å². The topological polar surface area (TPSA) is 38.5 Å². The largest absolute Gasteiger partial charge is 0.495 e. The number of rotatable bonds is 6. The number of benzene rings is 2. The molecule has 0 atom stereocenters. The van der Waals surface area contributed by atoms with Gasteiger partial charge in [-0.2, -0.15) is 0 Å². The van der Waals surface area contributed by atoms with E-state index in [0.29, 0.717) is 5.69 Å². The Hall–Kier alpha value is -2.16. The zero-order valence-electron chi connectivity index (χ0n) is 12.2. The number of nitrogens with zero attached hydrogens (tertiary/aromatic N) is 1. The average molecular weight is 270 g/mol. The van der Waals surface area contributed by atoms with E-state index in [-0.39, 0.29) is 0 Å². The summed E-state index contributed by atoms with van der Waals surface area (Å²) in [5, 5.41) is 0. The molecule has 106 valence electrons. The van der Waals surface area contributed by atoms with Gasteiger partial charge in [0.25, 0.3) is 0 Å². The molecule has 0 aliphatic heterocycles. The third kappa shape index (κ3) is 3.44. The quantitative estimate of drug-likeness (QED) is 0.813. The van der Waals surface area contributed by atoms with Gasteiger partial charge >= 0.3 is 0 Å². The maximum Gasteiger partial charge on any atom is 0.143 e. The third-order valence-electron chi connectivity index (χ3n) is 3.29. The van der Waals surface area contributed by atoms with Gasteiger partial charge in [0.1, 0.15) is 5.75 Å². The van der Waals surface area contributed by atoms with Crippen LogP contribution < -0.4 is 15.4 Å². The number of methoxy groups -OCH3 is 1. The number of hydrogen-bond donors (Lipinski definition) is 1. The van der Waals surface area contributed by atoms with Crippen LogP contribution in [0, 0.1) is 0 Å². The summed E-state index contributed by atoms with van der Waals surface area (Å²) in [6.07, 6.45) is 1.10. The average Bonchev–Trinajstić information content (AvgIpc) is 2.48. The molecular weight excluding hydrogens is 248 g/mol. The molecule has 3 heteroatoms. The summed E-state index contributed by atoms with van der Waals surface area (Å²) in [5.41, 5.74) is 9.00. The Balaban J connectivity index is 2.24. The smallest absolute Gasteiger partial charge is 0.143 e. The van der Waals surface area contributed by atoms with Gasteiger partial charge in [0.05, 0.1) is 12.8 Å². The van der Waals surface area contributed by atoms with E-state index in [4.69, 9.17) is 10.5 Å². The zero-order valence-corrected chi connectivity index (χ0v) is 12.2. The van der Waals surface area contributed by atoms with Crippen LogP contribution in [0.25, 0.3) is 0 Å². The normalized spacial score (nSPS) is 10.3. The summed E-state index contributed by atoms with van der Waals surface area (Å²) in [4.78, 5) is 2.34. The lowest BCUT2D eigenvalue weighted by atomic mass is 10.1. The number of anilines is 2. The van der Waals surface area contributed by atoms with E-state index in [9.17, 15) is 0 Å². The highest BCUT2D eigenvalue weighted by molar-refractivity contribution is 5.62. The fraction of sp³-hybridized carbons (Fsp3) is 0.294. The van der Waals surface area contributed by atoms with E-state index in [1.807, 2.05) is 18.2 Å². The molecule has 0 spiro atoms. The summed E-state index contributed by atoms with van der Waals surface area (Å²) in [5.74, 6) is 0.733. The molecule has 0 amide bonds. The van der Waals surface area contributed by atoms with Gasteiger partial charge in [-0.3, -0.25) is 0 Å². The lowest BCUT2D eigenvalue weighted by Crippen LogP contribution is -2.23. The zero-order chi connectivity index (χ0) is 14.4. The Morgan fingerprint density at radius 2 is 1.85 bits per heavy atom. The van der Waals surface area contributed by atoms with Crippen LogP contribution in [0.15, 0.2) is 48.5 Å². The maximum atomic E-state index is 5.88. The highest BCUT2D eigenvalue weighted by Crippen LogP contribution is 2.28. The van der Waals surface area contributed by atoms with Crippen LogP contribution in [0.2, 0.25) is 0 Å². The van der Waals surface area contributed by atoms with E-state index in [0.717, 1.165) is 30.9 Å². The Morgan fingerprint density at radius 3 is 2.50 bits per heavy atom. The lowest BCUT2D eigenvalue weighted by molar-refractivity contribution is 0.417. The SMILES string of the molecule is CCCN(Cc1ccccc1)c1ccc(N)c(OC)c1. The van der Waals surface area contributed by atoms with Gasteiger partial charge in [0.15, 0.2) is 0 Å². The van der Waals surface area contributed by atoms with Crippen LogP contribution in [0.1, 0.15) is 18.9 Å². The number of nitrogens with two attached hydrogens (primary N) is 1. The van der Waals surface area contributed by atoms with Crippen LogP contribution in [-0.2, 0) is 6.54 Å². The molecule has 20 heavy (non-hydrogen) atoms. The minimum absolute atomic E-state index is 0.674. The Morgan fingerprint density at radius 1 is 1.10 bits per heavy atom. The summed E-state index contributed by atoms with van der Waals surface area (Å²) >= 11 is 0. The molecule has 0 aliphatic rings. The van der Waals surface area contributed by atoms with Crippen molar-refractivity contribution < 1.29 is 4.74 Å². The van der Waals surface area contributed by atoms with Crippen molar-refractivity contribution in [3.8, 4) is 5.75 Å². The fourth-order valence-electron chi connectivity index (χ4n) is 2.27. The van der Waals surface area contributed by atoms with Gasteiger partial charge in [-0.05, 0) is 24.1 Å². The lowest BCUT2D eigenvalue weighted by Gasteiger charge is -2.25. The third-order valence-corrected chi connectivity index (χ3v) is 3.29. The molecule has 0 aromatic heterocycles.